The molecule has 2 N–H and O–H groups in total. The molecule has 0 aliphatic rings. The Bertz CT molecular complexity index is 563. The number of hydrogen-bond acceptors (Lipinski definition) is 5. The number of nitrogens with zero attached hydrogens (tertiary/aromatic N) is 2. The first-order chi connectivity index (χ1) is 9.20. The molecule has 0 saturated heterocycles. The molecule has 0 atom stereocenters. The van der Waals surface area contributed by atoms with E-state index in [1.165, 1.54) is 24.5 Å². The lowest BCUT2D eigenvalue weighted by Crippen LogP contribution is -2.04. The van der Waals surface area contributed by atoms with E-state index in [-0.39, 0.29) is 17.4 Å². The molecule has 5 nitrogen and oxygen atoms in total. The van der Waals surface area contributed by atoms with E-state index >= 15 is 0 Å². The molecule has 100 valence electrons. The summed E-state index contributed by atoms with van der Waals surface area (Å²) in [6, 6.07) is 5.72. The molecule has 1 aromatic heterocycles. The van der Waals surface area contributed by atoms with Gasteiger partial charge in [-0.3, -0.25) is 0 Å². The first-order valence-electron chi connectivity index (χ1n) is 5.87. The molecule has 1 heterocycles. The van der Waals surface area contributed by atoms with Gasteiger partial charge in [0.25, 0.3) is 0 Å². The van der Waals surface area contributed by atoms with Gasteiger partial charge in [0, 0.05) is 6.07 Å². The van der Waals surface area contributed by atoms with Crippen molar-refractivity contribution in [3.05, 3.63) is 36.4 Å². The molecule has 2 aromatic rings. The van der Waals surface area contributed by atoms with Crippen LogP contribution < -0.4 is 15.2 Å². The molecule has 0 bridgehead atoms. The van der Waals surface area contributed by atoms with E-state index in [9.17, 15) is 4.39 Å². The fourth-order valence-electron chi connectivity index (χ4n) is 1.40. The molecule has 0 saturated carbocycles. The van der Waals surface area contributed by atoms with E-state index < -0.39 is 5.82 Å². The fraction of sp³-hybridized carbons (Fsp3) is 0.231. The molecular weight excluding hydrogens is 249 g/mol. The second-order valence-electron chi connectivity index (χ2n) is 3.81. The summed E-state index contributed by atoms with van der Waals surface area (Å²) in [4.78, 5) is 7.83. The first kappa shape index (κ1) is 13.1. The summed E-state index contributed by atoms with van der Waals surface area (Å²) >= 11 is 0. The summed E-state index contributed by atoms with van der Waals surface area (Å²) < 4.78 is 23.8. The van der Waals surface area contributed by atoms with Crippen LogP contribution in [0.3, 0.4) is 0 Å². The van der Waals surface area contributed by atoms with Gasteiger partial charge in [0.15, 0.2) is 5.69 Å². The largest absolute Gasteiger partial charge is 0.476 e. The molecule has 0 spiro atoms. The van der Waals surface area contributed by atoms with Crippen LogP contribution in [0.15, 0.2) is 30.6 Å². The molecule has 0 radical (unpaired) electrons. The molecule has 19 heavy (non-hydrogen) atoms. The summed E-state index contributed by atoms with van der Waals surface area (Å²) in [5.41, 5.74) is 6.04. The van der Waals surface area contributed by atoms with Crippen molar-refractivity contribution < 1.29 is 13.9 Å². The molecule has 2 rings (SSSR count). The van der Waals surface area contributed by atoms with E-state index in [1.807, 2.05) is 6.92 Å². The third-order valence-corrected chi connectivity index (χ3v) is 2.26. The van der Waals surface area contributed by atoms with Crippen LogP contribution in [-0.4, -0.2) is 16.6 Å². The van der Waals surface area contributed by atoms with Crippen LogP contribution in [-0.2, 0) is 0 Å². The van der Waals surface area contributed by atoms with Gasteiger partial charge in [-0.05, 0) is 18.6 Å². The quantitative estimate of drug-likeness (QED) is 0.898. The van der Waals surface area contributed by atoms with Crippen molar-refractivity contribution in [2.24, 2.45) is 0 Å². The Balaban J connectivity index is 2.20. The zero-order chi connectivity index (χ0) is 13.7. The van der Waals surface area contributed by atoms with Gasteiger partial charge in [-0.25, -0.2) is 4.39 Å². The molecular formula is C13H14FN3O2. The van der Waals surface area contributed by atoms with Gasteiger partial charge in [-0.2, -0.15) is 9.97 Å². The third-order valence-electron chi connectivity index (χ3n) is 2.26. The van der Waals surface area contributed by atoms with Crippen LogP contribution in [0, 0.1) is 5.82 Å². The number of benzene rings is 1. The monoisotopic (exact) mass is 263 g/mol. The number of ether oxygens (including phenoxy) is 2. The van der Waals surface area contributed by atoms with Crippen LogP contribution in [0.5, 0.6) is 17.5 Å². The number of halogens is 1. The van der Waals surface area contributed by atoms with Crippen molar-refractivity contribution in [1.29, 1.82) is 0 Å². The number of aromatic nitrogens is 2. The minimum absolute atomic E-state index is 0.145. The number of nitrogens with two attached hydrogens (primary N) is 1. The van der Waals surface area contributed by atoms with E-state index in [4.69, 9.17) is 15.2 Å². The van der Waals surface area contributed by atoms with E-state index in [0.29, 0.717) is 12.4 Å². The lowest BCUT2D eigenvalue weighted by molar-refractivity contribution is 0.304. The molecule has 0 aliphatic carbocycles. The number of anilines is 1. The van der Waals surface area contributed by atoms with Crippen LogP contribution in [0.1, 0.15) is 13.3 Å². The maximum atomic E-state index is 13.0. The summed E-state index contributed by atoms with van der Waals surface area (Å²) in [5.74, 6) is 0.328. The summed E-state index contributed by atoms with van der Waals surface area (Å²) in [7, 11) is 0. The maximum absolute atomic E-state index is 13.0. The highest BCUT2D eigenvalue weighted by Crippen LogP contribution is 2.30. The Morgan fingerprint density at radius 1 is 1.26 bits per heavy atom. The zero-order valence-electron chi connectivity index (χ0n) is 10.5. The lowest BCUT2D eigenvalue weighted by Gasteiger charge is -2.10. The van der Waals surface area contributed by atoms with Gasteiger partial charge in [-0.15, -0.1) is 0 Å². The predicted molar refractivity (Wildman–Crippen MR) is 68.7 cm³/mol. The van der Waals surface area contributed by atoms with Crippen molar-refractivity contribution in [3.8, 4) is 17.5 Å². The Hall–Kier alpha value is -2.37. The van der Waals surface area contributed by atoms with Gasteiger partial charge in [0.05, 0.1) is 6.61 Å². The van der Waals surface area contributed by atoms with Crippen molar-refractivity contribution in [2.75, 3.05) is 12.3 Å². The number of rotatable bonds is 5. The highest BCUT2D eigenvalue weighted by Gasteiger charge is 2.11. The lowest BCUT2D eigenvalue weighted by atomic mass is 10.3. The van der Waals surface area contributed by atoms with Crippen molar-refractivity contribution in [1.82, 2.24) is 9.97 Å². The van der Waals surface area contributed by atoms with Gasteiger partial charge in [0.2, 0.25) is 11.8 Å². The van der Waals surface area contributed by atoms with Crippen LogP contribution in [0.4, 0.5) is 10.1 Å². The normalized spacial score (nSPS) is 10.2. The summed E-state index contributed by atoms with van der Waals surface area (Å²) in [6.07, 6.45) is 2.12. The highest BCUT2D eigenvalue weighted by molar-refractivity contribution is 5.56. The molecule has 0 amide bonds. The SMILES string of the molecule is CCCOc1ncnc(Oc2cccc(F)c2)c1N. The van der Waals surface area contributed by atoms with Crippen LogP contribution >= 0.6 is 0 Å². The molecule has 1 aromatic carbocycles. The fourth-order valence-corrected chi connectivity index (χ4v) is 1.40. The predicted octanol–water partition coefficient (Wildman–Crippen LogP) is 2.78. The van der Waals surface area contributed by atoms with E-state index in [2.05, 4.69) is 9.97 Å². The Morgan fingerprint density at radius 3 is 2.79 bits per heavy atom. The standard InChI is InChI=1S/C13H14FN3O2/c1-2-6-18-12-11(15)13(17-8-16-12)19-10-5-3-4-9(14)7-10/h3-5,7-8H,2,6,15H2,1H3. The minimum atomic E-state index is -0.396. The van der Waals surface area contributed by atoms with Gasteiger partial charge >= 0.3 is 0 Å². The van der Waals surface area contributed by atoms with Gasteiger partial charge in [0.1, 0.15) is 17.9 Å². The Morgan fingerprint density at radius 2 is 2.05 bits per heavy atom. The van der Waals surface area contributed by atoms with Gasteiger partial charge < -0.3 is 15.2 Å². The Kier molecular flexibility index (Phi) is 4.12. The maximum Gasteiger partial charge on any atom is 0.249 e. The average Bonchev–Trinajstić information content (AvgIpc) is 2.40. The molecule has 0 aliphatic heterocycles. The topological polar surface area (TPSA) is 70.3 Å². The minimum Gasteiger partial charge on any atom is -0.476 e. The van der Waals surface area contributed by atoms with Gasteiger partial charge in [-0.1, -0.05) is 13.0 Å². The average molecular weight is 263 g/mol. The van der Waals surface area contributed by atoms with Crippen LogP contribution in [0.2, 0.25) is 0 Å². The summed E-state index contributed by atoms with van der Waals surface area (Å²) in [6.45, 7) is 2.47. The molecule has 6 heteroatoms. The van der Waals surface area contributed by atoms with E-state index in [0.717, 1.165) is 6.42 Å². The number of nitrogen functional groups attached to an aromatic ring is 1. The second kappa shape index (κ2) is 5.99. The zero-order valence-corrected chi connectivity index (χ0v) is 10.5. The van der Waals surface area contributed by atoms with Crippen molar-refractivity contribution in [3.63, 3.8) is 0 Å². The van der Waals surface area contributed by atoms with Crippen LogP contribution in [0.25, 0.3) is 0 Å². The van der Waals surface area contributed by atoms with E-state index in [1.54, 1.807) is 6.07 Å². The first-order valence-corrected chi connectivity index (χ1v) is 5.87. The Labute approximate surface area is 110 Å². The third kappa shape index (κ3) is 3.31. The molecule has 0 unspecified atom stereocenters. The highest BCUT2D eigenvalue weighted by atomic mass is 19.1. The van der Waals surface area contributed by atoms with Crippen molar-refractivity contribution in [2.45, 2.75) is 13.3 Å². The second-order valence-corrected chi connectivity index (χ2v) is 3.81. The molecule has 0 fully saturated rings. The number of hydrogen-bond donors (Lipinski definition) is 1. The smallest absolute Gasteiger partial charge is 0.249 e. The summed E-state index contributed by atoms with van der Waals surface area (Å²) in [5, 5.41) is 0. The van der Waals surface area contributed by atoms with Crippen molar-refractivity contribution >= 4 is 5.69 Å².